The molecule has 0 bridgehead atoms. The fraction of sp³-hybridized carbons (Fsp3) is 0.714. The molecule has 0 unspecified atom stereocenters. The highest BCUT2D eigenvalue weighted by Gasteiger charge is 2.14. The SMILES string of the molecule is CCCCCCN(CCCCCC)c1ccc(S(=O)(=O)CCCO)cc1. The first kappa shape index (κ1) is 23.0. The average Bonchev–Trinajstić information content (AvgIpc) is 2.65. The van der Waals surface area contributed by atoms with E-state index in [0.29, 0.717) is 4.90 Å². The van der Waals surface area contributed by atoms with Crippen molar-refractivity contribution in [3.8, 4) is 0 Å². The van der Waals surface area contributed by atoms with E-state index in [1.165, 1.54) is 51.4 Å². The van der Waals surface area contributed by atoms with Crippen molar-refractivity contribution in [2.75, 3.05) is 30.3 Å². The molecule has 0 amide bonds. The molecule has 1 aromatic rings. The van der Waals surface area contributed by atoms with Crippen LogP contribution in [0.5, 0.6) is 0 Å². The Morgan fingerprint density at radius 2 is 1.35 bits per heavy atom. The number of aliphatic hydroxyl groups excluding tert-OH is 1. The van der Waals surface area contributed by atoms with Gasteiger partial charge in [0.25, 0.3) is 0 Å². The van der Waals surface area contributed by atoms with E-state index in [0.717, 1.165) is 18.8 Å². The zero-order valence-electron chi connectivity index (χ0n) is 16.6. The fourth-order valence-electron chi connectivity index (χ4n) is 3.07. The highest BCUT2D eigenvalue weighted by molar-refractivity contribution is 7.91. The number of sulfone groups is 1. The van der Waals surface area contributed by atoms with E-state index >= 15 is 0 Å². The summed E-state index contributed by atoms with van der Waals surface area (Å²) < 4.78 is 24.5. The summed E-state index contributed by atoms with van der Waals surface area (Å²) in [5.74, 6) is 0.000592. The minimum atomic E-state index is -3.29. The first-order valence-corrected chi connectivity index (χ1v) is 11.9. The minimum Gasteiger partial charge on any atom is -0.396 e. The fourth-order valence-corrected chi connectivity index (χ4v) is 4.36. The van der Waals surface area contributed by atoms with E-state index in [2.05, 4.69) is 18.7 Å². The van der Waals surface area contributed by atoms with Crippen LogP contribution in [0.2, 0.25) is 0 Å². The van der Waals surface area contributed by atoms with E-state index in [-0.39, 0.29) is 18.8 Å². The first-order chi connectivity index (χ1) is 12.5. The molecule has 0 heterocycles. The Labute approximate surface area is 160 Å². The maximum absolute atomic E-state index is 12.2. The van der Waals surface area contributed by atoms with Gasteiger partial charge in [0.15, 0.2) is 9.84 Å². The summed E-state index contributed by atoms with van der Waals surface area (Å²) in [7, 11) is -3.29. The van der Waals surface area contributed by atoms with Crippen LogP contribution in [0.4, 0.5) is 5.69 Å². The van der Waals surface area contributed by atoms with Crippen LogP contribution in [0.3, 0.4) is 0 Å². The molecule has 1 rings (SSSR count). The largest absolute Gasteiger partial charge is 0.396 e. The second kappa shape index (κ2) is 13.2. The number of rotatable bonds is 15. The Morgan fingerprint density at radius 1 is 0.808 bits per heavy atom. The van der Waals surface area contributed by atoms with Gasteiger partial charge in [-0.15, -0.1) is 0 Å². The Morgan fingerprint density at radius 3 is 1.81 bits per heavy atom. The van der Waals surface area contributed by atoms with Crippen LogP contribution in [-0.2, 0) is 9.84 Å². The summed E-state index contributed by atoms with van der Waals surface area (Å²) in [6.07, 6.45) is 10.1. The van der Waals surface area contributed by atoms with Gasteiger partial charge in [-0.25, -0.2) is 8.42 Å². The number of benzene rings is 1. The van der Waals surface area contributed by atoms with Gasteiger partial charge < -0.3 is 10.0 Å². The first-order valence-electron chi connectivity index (χ1n) is 10.2. The molecule has 0 aliphatic carbocycles. The third-order valence-electron chi connectivity index (χ3n) is 4.70. The highest BCUT2D eigenvalue weighted by Crippen LogP contribution is 2.21. The van der Waals surface area contributed by atoms with Crippen LogP contribution >= 0.6 is 0 Å². The quantitative estimate of drug-likeness (QED) is 0.442. The lowest BCUT2D eigenvalue weighted by molar-refractivity contribution is 0.295. The van der Waals surface area contributed by atoms with Crippen molar-refractivity contribution in [1.82, 2.24) is 0 Å². The maximum atomic E-state index is 12.2. The average molecular weight is 384 g/mol. The summed E-state index contributed by atoms with van der Waals surface area (Å²) in [6, 6.07) is 7.30. The summed E-state index contributed by atoms with van der Waals surface area (Å²) in [4.78, 5) is 2.75. The Balaban J connectivity index is 2.74. The third kappa shape index (κ3) is 8.54. The molecule has 0 fully saturated rings. The molecule has 0 saturated heterocycles. The molecule has 1 aromatic carbocycles. The van der Waals surface area contributed by atoms with Crippen molar-refractivity contribution in [3.05, 3.63) is 24.3 Å². The number of hydrogen-bond acceptors (Lipinski definition) is 4. The molecular formula is C21H37NO3S. The van der Waals surface area contributed by atoms with Gasteiger partial charge in [0, 0.05) is 25.4 Å². The standard InChI is InChI=1S/C21H37NO3S/c1-3-5-7-9-16-22(17-10-8-6-4-2)20-12-14-21(15-13-20)26(24,25)19-11-18-23/h12-15,23H,3-11,16-19H2,1-2H3. The van der Waals surface area contributed by atoms with E-state index in [9.17, 15) is 8.42 Å². The van der Waals surface area contributed by atoms with Crippen LogP contribution in [-0.4, -0.2) is 39.0 Å². The number of hydrogen-bond donors (Lipinski definition) is 1. The lowest BCUT2D eigenvalue weighted by Gasteiger charge is -2.25. The topological polar surface area (TPSA) is 57.6 Å². The Bertz CT molecular complexity index is 557. The summed E-state index contributed by atoms with van der Waals surface area (Å²) in [5.41, 5.74) is 1.11. The van der Waals surface area contributed by atoms with E-state index in [1.807, 2.05) is 12.1 Å². The molecule has 0 atom stereocenters. The molecule has 0 radical (unpaired) electrons. The molecule has 150 valence electrons. The monoisotopic (exact) mass is 383 g/mol. The van der Waals surface area contributed by atoms with Gasteiger partial charge >= 0.3 is 0 Å². The van der Waals surface area contributed by atoms with Crippen LogP contribution in [0.1, 0.15) is 71.6 Å². The van der Waals surface area contributed by atoms with Crippen molar-refractivity contribution in [2.45, 2.75) is 76.5 Å². The van der Waals surface area contributed by atoms with Crippen molar-refractivity contribution in [2.24, 2.45) is 0 Å². The molecule has 0 spiro atoms. The molecule has 4 nitrogen and oxygen atoms in total. The third-order valence-corrected chi connectivity index (χ3v) is 6.51. The minimum absolute atomic E-state index is 0.000592. The molecule has 0 saturated carbocycles. The smallest absolute Gasteiger partial charge is 0.178 e. The molecule has 26 heavy (non-hydrogen) atoms. The normalized spacial score (nSPS) is 11.7. The lowest BCUT2D eigenvalue weighted by atomic mass is 10.1. The van der Waals surface area contributed by atoms with E-state index in [4.69, 9.17) is 5.11 Å². The van der Waals surface area contributed by atoms with Gasteiger partial charge in [-0.1, -0.05) is 52.4 Å². The summed E-state index contributed by atoms with van der Waals surface area (Å²) >= 11 is 0. The van der Waals surface area contributed by atoms with Crippen LogP contribution in [0.25, 0.3) is 0 Å². The second-order valence-electron chi connectivity index (χ2n) is 7.00. The second-order valence-corrected chi connectivity index (χ2v) is 9.11. The van der Waals surface area contributed by atoms with E-state index in [1.54, 1.807) is 12.1 Å². The maximum Gasteiger partial charge on any atom is 0.178 e. The van der Waals surface area contributed by atoms with Gasteiger partial charge in [0.1, 0.15) is 0 Å². The Hall–Kier alpha value is -1.07. The van der Waals surface area contributed by atoms with Crippen LogP contribution in [0, 0.1) is 0 Å². The van der Waals surface area contributed by atoms with E-state index < -0.39 is 9.84 Å². The predicted molar refractivity (Wildman–Crippen MR) is 111 cm³/mol. The highest BCUT2D eigenvalue weighted by atomic mass is 32.2. The lowest BCUT2D eigenvalue weighted by Crippen LogP contribution is -2.25. The number of nitrogens with zero attached hydrogens (tertiary/aromatic N) is 1. The number of unbranched alkanes of at least 4 members (excludes halogenated alkanes) is 6. The molecular weight excluding hydrogens is 346 g/mol. The molecule has 1 N–H and O–H groups in total. The van der Waals surface area contributed by atoms with Gasteiger partial charge in [0.05, 0.1) is 10.6 Å². The zero-order valence-corrected chi connectivity index (χ0v) is 17.4. The van der Waals surface area contributed by atoms with Crippen molar-refractivity contribution in [3.63, 3.8) is 0 Å². The van der Waals surface area contributed by atoms with Crippen molar-refractivity contribution in [1.29, 1.82) is 0 Å². The summed E-state index contributed by atoms with van der Waals surface area (Å²) in [6.45, 7) is 6.41. The van der Waals surface area contributed by atoms with Crippen LogP contribution in [0.15, 0.2) is 29.2 Å². The number of aliphatic hydroxyl groups is 1. The molecule has 0 aliphatic rings. The van der Waals surface area contributed by atoms with Gasteiger partial charge in [0.2, 0.25) is 0 Å². The number of anilines is 1. The zero-order chi connectivity index (χ0) is 19.3. The predicted octanol–water partition coefficient (Wildman–Crippen LogP) is 4.81. The Kier molecular flexibility index (Phi) is 11.6. The van der Waals surface area contributed by atoms with Crippen molar-refractivity contribution >= 4 is 15.5 Å². The molecule has 0 aliphatic heterocycles. The van der Waals surface area contributed by atoms with Gasteiger partial charge in [-0.2, -0.15) is 0 Å². The van der Waals surface area contributed by atoms with Gasteiger partial charge in [-0.05, 0) is 43.5 Å². The van der Waals surface area contributed by atoms with Gasteiger partial charge in [-0.3, -0.25) is 0 Å². The molecule has 5 heteroatoms. The van der Waals surface area contributed by atoms with Crippen molar-refractivity contribution < 1.29 is 13.5 Å². The summed E-state index contributed by atoms with van der Waals surface area (Å²) in [5, 5.41) is 8.86. The molecule has 0 aromatic heterocycles. The van der Waals surface area contributed by atoms with Crippen LogP contribution < -0.4 is 4.90 Å².